The Morgan fingerprint density at radius 3 is 2.52 bits per heavy atom. The number of allylic oxidation sites excluding steroid dienone is 1. The summed E-state index contributed by atoms with van der Waals surface area (Å²) in [6.45, 7) is 0. The molecule has 4 nitrogen and oxygen atoms in total. The highest BCUT2D eigenvalue weighted by atomic mass is 35.5. The predicted octanol–water partition coefficient (Wildman–Crippen LogP) is 6.33. The number of carbonyl (C=O) groups is 1. The molecule has 2 N–H and O–H groups in total. The Hall–Kier alpha value is -3.24. The molecule has 2 aliphatic rings. The average Bonchev–Trinajstić information content (AvgIpc) is 2.96. The number of rotatable bonds is 3. The van der Waals surface area contributed by atoms with E-state index in [1.54, 1.807) is 7.11 Å². The molecule has 0 aromatic heterocycles. The van der Waals surface area contributed by atoms with Crippen molar-refractivity contribution in [3.05, 3.63) is 100 Å². The molecule has 31 heavy (non-hydrogen) atoms. The highest BCUT2D eigenvalue weighted by molar-refractivity contribution is 6.31. The normalized spacial score (nSPS) is 20.1. The van der Waals surface area contributed by atoms with Crippen molar-refractivity contribution < 1.29 is 9.53 Å². The second-order valence-electron chi connectivity index (χ2n) is 7.97. The van der Waals surface area contributed by atoms with Crippen LogP contribution in [0.15, 0.2) is 84.1 Å². The molecule has 0 unspecified atom stereocenters. The maximum absolute atomic E-state index is 13.6. The van der Waals surface area contributed by atoms with Crippen molar-refractivity contribution in [1.29, 1.82) is 0 Å². The molecule has 0 amide bonds. The minimum absolute atomic E-state index is 0.0451. The molecule has 1 aliphatic heterocycles. The van der Waals surface area contributed by atoms with Crippen LogP contribution in [-0.4, -0.2) is 12.9 Å². The lowest BCUT2D eigenvalue weighted by Crippen LogP contribution is -2.27. The van der Waals surface area contributed by atoms with Crippen molar-refractivity contribution in [2.24, 2.45) is 0 Å². The minimum atomic E-state index is -0.263. The molecule has 0 spiro atoms. The summed E-state index contributed by atoms with van der Waals surface area (Å²) < 4.78 is 5.44. The van der Waals surface area contributed by atoms with E-state index in [1.165, 1.54) is 0 Å². The Morgan fingerprint density at radius 2 is 1.71 bits per heavy atom. The molecule has 3 aromatic rings. The van der Waals surface area contributed by atoms with Crippen molar-refractivity contribution in [3.8, 4) is 5.75 Å². The van der Waals surface area contributed by atoms with Crippen LogP contribution >= 0.6 is 11.6 Å². The van der Waals surface area contributed by atoms with E-state index in [-0.39, 0.29) is 17.7 Å². The van der Waals surface area contributed by atoms with Gasteiger partial charge in [0.15, 0.2) is 5.78 Å². The van der Waals surface area contributed by atoms with Crippen molar-refractivity contribution in [1.82, 2.24) is 0 Å². The predicted molar refractivity (Wildman–Crippen MR) is 125 cm³/mol. The maximum Gasteiger partial charge on any atom is 0.163 e. The first kappa shape index (κ1) is 19.7. The van der Waals surface area contributed by atoms with E-state index in [4.69, 9.17) is 16.3 Å². The van der Waals surface area contributed by atoms with E-state index < -0.39 is 0 Å². The van der Waals surface area contributed by atoms with Crippen molar-refractivity contribution in [3.63, 3.8) is 0 Å². The molecule has 0 bridgehead atoms. The third-order valence-corrected chi connectivity index (χ3v) is 6.43. The SMILES string of the molecule is COc1cccc([C@H]2Nc3ccccc3NC3=C2C(=O)C[C@H](c2ccccc2Cl)C3)c1. The van der Waals surface area contributed by atoms with Crippen LogP contribution in [0.2, 0.25) is 5.02 Å². The van der Waals surface area contributed by atoms with Crippen LogP contribution in [0.1, 0.15) is 35.9 Å². The molecule has 0 saturated carbocycles. The monoisotopic (exact) mass is 430 g/mol. The first-order chi connectivity index (χ1) is 15.1. The molecular formula is C26H23ClN2O2. The molecule has 0 fully saturated rings. The van der Waals surface area contributed by atoms with Gasteiger partial charge in [0, 0.05) is 22.7 Å². The molecule has 0 radical (unpaired) electrons. The molecule has 156 valence electrons. The third-order valence-electron chi connectivity index (χ3n) is 6.08. The van der Waals surface area contributed by atoms with Gasteiger partial charge in [-0.25, -0.2) is 0 Å². The standard InChI is InChI=1S/C26H23ClN2O2/c1-31-18-8-6-7-16(13-18)26-25-23(28-21-11-4-5-12-22(21)29-26)14-17(15-24(25)30)19-9-2-3-10-20(19)27/h2-13,17,26,28-29H,14-15H2,1H3/t17-,26-/m1/s1. The van der Waals surface area contributed by atoms with Gasteiger partial charge in [-0.15, -0.1) is 0 Å². The number of anilines is 2. The fourth-order valence-electron chi connectivity index (χ4n) is 4.59. The summed E-state index contributed by atoms with van der Waals surface area (Å²) in [4.78, 5) is 13.6. The molecule has 1 aliphatic carbocycles. The fourth-order valence-corrected chi connectivity index (χ4v) is 4.88. The second-order valence-corrected chi connectivity index (χ2v) is 8.37. The number of hydrogen-bond donors (Lipinski definition) is 2. The van der Waals surface area contributed by atoms with E-state index in [0.29, 0.717) is 11.4 Å². The number of nitrogens with one attached hydrogen (secondary N) is 2. The lowest BCUT2D eigenvalue weighted by atomic mass is 9.78. The summed E-state index contributed by atoms with van der Waals surface area (Å²) in [6.07, 6.45) is 1.16. The quantitative estimate of drug-likeness (QED) is 0.509. The average molecular weight is 431 g/mol. The number of carbonyl (C=O) groups excluding carboxylic acids is 1. The van der Waals surface area contributed by atoms with Gasteiger partial charge in [0.1, 0.15) is 5.75 Å². The Labute approximate surface area is 186 Å². The summed E-state index contributed by atoms with van der Waals surface area (Å²) in [5.41, 5.74) is 5.68. The van der Waals surface area contributed by atoms with E-state index in [1.807, 2.05) is 72.8 Å². The fraction of sp³-hybridized carbons (Fsp3) is 0.192. The molecular weight excluding hydrogens is 408 g/mol. The maximum atomic E-state index is 13.6. The van der Waals surface area contributed by atoms with Gasteiger partial charge in [-0.3, -0.25) is 4.79 Å². The molecule has 2 atom stereocenters. The second kappa shape index (κ2) is 8.12. The van der Waals surface area contributed by atoms with E-state index in [0.717, 1.165) is 45.9 Å². The first-order valence-electron chi connectivity index (χ1n) is 10.4. The van der Waals surface area contributed by atoms with Crippen LogP contribution in [-0.2, 0) is 4.79 Å². The van der Waals surface area contributed by atoms with Gasteiger partial charge in [0.25, 0.3) is 0 Å². The lowest BCUT2D eigenvalue weighted by molar-refractivity contribution is -0.116. The minimum Gasteiger partial charge on any atom is -0.497 e. The first-order valence-corrected chi connectivity index (χ1v) is 10.8. The molecule has 0 saturated heterocycles. The Kier molecular flexibility index (Phi) is 5.16. The highest BCUT2D eigenvalue weighted by Crippen LogP contribution is 2.45. The molecule has 1 heterocycles. The summed E-state index contributed by atoms with van der Waals surface area (Å²) >= 11 is 6.48. The van der Waals surface area contributed by atoms with Gasteiger partial charge >= 0.3 is 0 Å². The summed E-state index contributed by atoms with van der Waals surface area (Å²) in [6, 6.07) is 23.5. The van der Waals surface area contributed by atoms with Crippen molar-refractivity contribution >= 4 is 28.8 Å². The topological polar surface area (TPSA) is 50.4 Å². The summed E-state index contributed by atoms with van der Waals surface area (Å²) in [5.74, 6) is 0.944. The number of halogens is 1. The number of ketones is 1. The summed E-state index contributed by atoms with van der Waals surface area (Å²) in [7, 11) is 1.65. The van der Waals surface area contributed by atoms with Gasteiger partial charge in [0.2, 0.25) is 0 Å². The van der Waals surface area contributed by atoms with Crippen LogP contribution in [0, 0.1) is 0 Å². The highest BCUT2D eigenvalue weighted by Gasteiger charge is 2.36. The van der Waals surface area contributed by atoms with Crippen LogP contribution in [0.25, 0.3) is 0 Å². The van der Waals surface area contributed by atoms with Gasteiger partial charge in [-0.05, 0) is 53.8 Å². The number of benzene rings is 3. The van der Waals surface area contributed by atoms with Gasteiger partial charge in [-0.1, -0.05) is 54.1 Å². The molecule has 5 rings (SSSR count). The smallest absolute Gasteiger partial charge is 0.163 e. The zero-order chi connectivity index (χ0) is 21.4. The molecule has 3 aromatic carbocycles. The van der Waals surface area contributed by atoms with Crippen LogP contribution in [0.5, 0.6) is 5.75 Å². The van der Waals surface area contributed by atoms with Crippen LogP contribution < -0.4 is 15.4 Å². The zero-order valence-electron chi connectivity index (χ0n) is 17.2. The Bertz CT molecular complexity index is 1190. The third kappa shape index (κ3) is 3.68. The number of Topliss-reactive ketones (excluding diaryl/α,β-unsaturated/α-hetero) is 1. The summed E-state index contributed by atoms with van der Waals surface area (Å²) in [5, 5.41) is 7.87. The van der Waals surface area contributed by atoms with E-state index in [2.05, 4.69) is 10.6 Å². The Morgan fingerprint density at radius 1 is 0.935 bits per heavy atom. The van der Waals surface area contributed by atoms with Gasteiger partial charge in [-0.2, -0.15) is 0 Å². The van der Waals surface area contributed by atoms with Crippen molar-refractivity contribution in [2.75, 3.05) is 17.7 Å². The number of hydrogen-bond acceptors (Lipinski definition) is 4. The van der Waals surface area contributed by atoms with Crippen LogP contribution in [0.4, 0.5) is 11.4 Å². The van der Waals surface area contributed by atoms with E-state index in [9.17, 15) is 4.79 Å². The Balaban J connectivity index is 1.62. The van der Waals surface area contributed by atoms with Gasteiger partial charge < -0.3 is 15.4 Å². The lowest BCUT2D eigenvalue weighted by Gasteiger charge is -2.30. The number of ether oxygens (including phenoxy) is 1. The van der Waals surface area contributed by atoms with Gasteiger partial charge in [0.05, 0.1) is 24.5 Å². The zero-order valence-corrected chi connectivity index (χ0v) is 17.9. The number of fused-ring (bicyclic) bond motifs is 1. The number of para-hydroxylation sites is 2. The van der Waals surface area contributed by atoms with Crippen LogP contribution in [0.3, 0.4) is 0 Å². The van der Waals surface area contributed by atoms with E-state index >= 15 is 0 Å². The van der Waals surface area contributed by atoms with Crippen molar-refractivity contribution in [2.45, 2.75) is 24.8 Å². The molecule has 5 heteroatoms. The largest absolute Gasteiger partial charge is 0.497 e. The number of methoxy groups -OCH3 is 1.